The smallest absolute Gasteiger partial charge is 0.132 e. The van der Waals surface area contributed by atoms with Gasteiger partial charge in [-0.1, -0.05) is 27.2 Å². The molecule has 1 atom stereocenters. The minimum atomic E-state index is 0.390. The van der Waals surface area contributed by atoms with Crippen molar-refractivity contribution in [3.05, 3.63) is 0 Å². The lowest BCUT2D eigenvalue weighted by molar-refractivity contribution is -0.119. The molecule has 0 heterocycles. The van der Waals surface area contributed by atoms with Crippen LogP contribution < -0.4 is 0 Å². The van der Waals surface area contributed by atoms with Crippen LogP contribution in [0.15, 0.2) is 0 Å². The fraction of sp³-hybridized carbons (Fsp3) is 0.909. The second-order valence-corrected chi connectivity index (χ2v) is 4.67. The Balaban J connectivity index is 2.66. The van der Waals surface area contributed by atoms with Crippen molar-refractivity contribution in [3.8, 4) is 0 Å². The van der Waals surface area contributed by atoms with Crippen LogP contribution in [0.2, 0.25) is 0 Å². The van der Waals surface area contributed by atoms with E-state index < -0.39 is 0 Å². The fourth-order valence-corrected chi connectivity index (χ4v) is 2.27. The third-order valence-corrected chi connectivity index (χ3v) is 3.42. The highest BCUT2D eigenvalue weighted by atomic mass is 16.1. The van der Waals surface area contributed by atoms with Gasteiger partial charge < -0.3 is 0 Å². The number of carbonyl (C=O) groups is 1. The lowest BCUT2D eigenvalue weighted by atomic mass is 9.74. The minimum absolute atomic E-state index is 0.390. The second-order valence-electron chi connectivity index (χ2n) is 4.67. The zero-order valence-electron chi connectivity index (χ0n) is 8.52. The summed E-state index contributed by atoms with van der Waals surface area (Å²) in [6.45, 7) is 6.85. The summed E-state index contributed by atoms with van der Waals surface area (Å²) >= 11 is 0. The predicted octanol–water partition coefficient (Wildman–Crippen LogP) is 3.18. The van der Waals surface area contributed by atoms with Gasteiger partial charge in [-0.05, 0) is 24.2 Å². The van der Waals surface area contributed by atoms with E-state index >= 15 is 0 Å². The van der Waals surface area contributed by atoms with Crippen molar-refractivity contribution in [2.24, 2.45) is 11.3 Å². The number of Topliss-reactive ketones (excluding diaryl/α,β-unsaturated/α-hetero) is 1. The third kappa shape index (κ3) is 2.09. The van der Waals surface area contributed by atoms with E-state index in [1.54, 1.807) is 0 Å². The SMILES string of the molecule is CCC1CCC(=O)CCC1(C)C. The van der Waals surface area contributed by atoms with Gasteiger partial charge in [0, 0.05) is 12.8 Å². The van der Waals surface area contributed by atoms with Crippen molar-refractivity contribution >= 4 is 5.78 Å². The van der Waals surface area contributed by atoms with Crippen LogP contribution in [0.4, 0.5) is 0 Å². The van der Waals surface area contributed by atoms with E-state index in [4.69, 9.17) is 0 Å². The van der Waals surface area contributed by atoms with Gasteiger partial charge in [0.05, 0.1) is 0 Å². The van der Waals surface area contributed by atoms with E-state index in [1.165, 1.54) is 6.42 Å². The average molecular weight is 168 g/mol. The first-order valence-corrected chi connectivity index (χ1v) is 5.08. The first kappa shape index (κ1) is 9.76. The summed E-state index contributed by atoms with van der Waals surface area (Å²) in [5.41, 5.74) is 0.390. The Morgan fingerprint density at radius 1 is 1.42 bits per heavy atom. The highest BCUT2D eigenvalue weighted by molar-refractivity contribution is 5.78. The summed E-state index contributed by atoms with van der Waals surface area (Å²) in [6, 6.07) is 0. The zero-order chi connectivity index (χ0) is 9.19. The van der Waals surface area contributed by atoms with Gasteiger partial charge in [0.25, 0.3) is 0 Å². The highest BCUT2D eigenvalue weighted by Gasteiger charge is 2.31. The molecule has 1 aliphatic carbocycles. The topological polar surface area (TPSA) is 17.1 Å². The molecule has 0 N–H and O–H groups in total. The van der Waals surface area contributed by atoms with Gasteiger partial charge in [0.1, 0.15) is 5.78 Å². The normalized spacial score (nSPS) is 29.9. The third-order valence-electron chi connectivity index (χ3n) is 3.42. The Morgan fingerprint density at radius 2 is 2.08 bits per heavy atom. The molecule has 0 aliphatic heterocycles. The van der Waals surface area contributed by atoms with Crippen LogP contribution in [0, 0.1) is 11.3 Å². The molecule has 12 heavy (non-hydrogen) atoms. The Kier molecular flexibility index (Phi) is 2.92. The van der Waals surface area contributed by atoms with Crippen molar-refractivity contribution in [2.45, 2.75) is 52.9 Å². The molecule has 0 aromatic heterocycles. The van der Waals surface area contributed by atoms with E-state index in [0.717, 1.165) is 31.6 Å². The van der Waals surface area contributed by atoms with Crippen LogP contribution in [0.1, 0.15) is 52.9 Å². The standard InChI is InChI=1S/C11H20O/c1-4-9-5-6-10(12)7-8-11(9,2)3/h9H,4-8H2,1-3H3. The summed E-state index contributed by atoms with van der Waals surface area (Å²) in [6.07, 6.45) is 5.05. The maximum absolute atomic E-state index is 11.2. The Hall–Kier alpha value is -0.330. The predicted molar refractivity (Wildman–Crippen MR) is 51.0 cm³/mol. The van der Waals surface area contributed by atoms with Gasteiger partial charge in [-0.15, -0.1) is 0 Å². The van der Waals surface area contributed by atoms with Gasteiger partial charge in [-0.2, -0.15) is 0 Å². The first-order chi connectivity index (χ1) is 5.56. The summed E-state index contributed by atoms with van der Waals surface area (Å²) in [5, 5.41) is 0. The van der Waals surface area contributed by atoms with Gasteiger partial charge in [0.15, 0.2) is 0 Å². The molecule has 1 aliphatic rings. The lowest BCUT2D eigenvalue weighted by Crippen LogP contribution is -2.21. The molecular formula is C11H20O. The molecular weight excluding hydrogens is 148 g/mol. The van der Waals surface area contributed by atoms with Crippen molar-refractivity contribution in [3.63, 3.8) is 0 Å². The van der Waals surface area contributed by atoms with E-state index in [2.05, 4.69) is 20.8 Å². The number of hydrogen-bond donors (Lipinski definition) is 0. The van der Waals surface area contributed by atoms with Crippen LogP contribution in [-0.4, -0.2) is 5.78 Å². The number of rotatable bonds is 1. The molecule has 0 amide bonds. The molecule has 1 saturated carbocycles. The molecule has 1 nitrogen and oxygen atoms in total. The van der Waals surface area contributed by atoms with Gasteiger partial charge in [-0.3, -0.25) is 4.79 Å². The fourth-order valence-electron chi connectivity index (χ4n) is 2.27. The molecule has 1 rings (SSSR count). The van der Waals surface area contributed by atoms with E-state index in [0.29, 0.717) is 11.2 Å². The quantitative estimate of drug-likeness (QED) is 0.549. The lowest BCUT2D eigenvalue weighted by Gasteiger charge is -2.31. The molecule has 0 aromatic rings. The molecule has 0 radical (unpaired) electrons. The van der Waals surface area contributed by atoms with Crippen molar-refractivity contribution in [1.29, 1.82) is 0 Å². The summed E-state index contributed by atoms with van der Waals surface area (Å²) in [4.78, 5) is 11.2. The summed E-state index contributed by atoms with van der Waals surface area (Å²) in [5.74, 6) is 1.22. The Labute approximate surface area is 75.5 Å². The monoisotopic (exact) mass is 168 g/mol. The van der Waals surface area contributed by atoms with Crippen LogP contribution >= 0.6 is 0 Å². The zero-order valence-corrected chi connectivity index (χ0v) is 8.52. The van der Waals surface area contributed by atoms with Crippen LogP contribution in [0.25, 0.3) is 0 Å². The molecule has 0 aromatic carbocycles. The van der Waals surface area contributed by atoms with E-state index in [9.17, 15) is 4.79 Å². The van der Waals surface area contributed by atoms with Crippen molar-refractivity contribution < 1.29 is 4.79 Å². The molecule has 0 saturated heterocycles. The van der Waals surface area contributed by atoms with Crippen LogP contribution in [-0.2, 0) is 4.79 Å². The molecule has 70 valence electrons. The van der Waals surface area contributed by atoms with Crippen LogP contribution in [0.3, 0.4) is 0 Å². The first-order valence-electron chi connectivity index (χ1n) is 5.08. The van der Waals surface area contributed by atoms with Gasteiger partial charge in [-0.25, -0.2) is 0 Å². The minimum Gasteiger partial charge on any atom is -0.300 e. The number of ketones is 1. The molecule has 0 bridgehead atoms. The number of carbonyl (C=O) groups excluding carboxylic acids is 1. The van der Waals surface area contributed by atoms with Crippen molar-refractivity contribution in [2.75, 3.05) is 0 Å². The second kappa shape index (κ2) is 3.59. The largest absolute Gasteiger partial charge is 0.300 e. The van der Waals surface area contributed by atoms with Crippen LogP contribution in [0.5, 0.6) is 0 Å². The van der Waals surface area contributed by atoms with E-state index in [-0.39, 0.29) is 0 Å². The molecule has 0 spiro atoms. The van der Waals surface area contributed by atoms with E-state index in [1.807, 2.05) is 0 Å². The summed E-state index contributed by atoms with van der Waals surface area (Å²) in [7, 11) is 0. The summed E-state index contributed by atoms with van der Waals surface area (Å²) < 4.78 is 0. The Morgan fingerprint density at radius 3 is 2.67 bits per heavy atom. The highest BCUT2D eigenvalue weighted by Crippen LogP contribution is 2.39. The molecule has 1 unspecified atom stereocenters. The molecule has 1 heteroatoms. The maximum Gasteiger partial charge on any atom is 0.132 e. The number of hydrogen-bond acceptors (Lipinski definition) is 1. The van der Waals surface area contributed by atoms with Crippen molar-refractivity contribution in [1.82, 2.24) is 0 Å². The van der Waals surface area contributed by atoms with Gasteiger partial charge in [0.2, 0.25) is 0 Å². The maximum atomic E-state index is 11.2. The van der Waals surface area contributed by atoms with Gasteiger partial charge >= 0.3 is 0 Å². The Bertz CT molecular complexity index is 170. The molecule has 1 fully saturated rings. The average Bonchev–Trinajstić information content (AvgIpc) is 2.12.